The van der Waals surface area contributed by atoms with Crippen LogP contribution in [0.15, 0.2) is 18.2 Å². The summed E-state index contributed by atoms with van der Waals surface area (Å²) in [4.78, 5) is 0. The van der Waals surface area contributed by atoms with E-state index < -0.39 is 0 Å². The van der Waals surface area contributed by atoms with E-state index in [1.54, 1.807) is 7.11 Å². The van der Waals surface area contributed by atoms with Crippen molar-refractivity contribution in [1.82, 2.24) is 0 Å². The predicted molar refractivity (Wildman–Crippen MR) is 72.4 cm³/mol. The lowest BCUT2D eigenvalue weighted by Crippen LogP contribution is -2.30. The Morgan fingerprint density at radius 3 is 2.71 bits per heavy atom. The number of rotatable bonds is 3. The highest BCUT2D eigenvalue weighted by Crippen LogP contribution is 2.29. The summed E-state index contributed by atoms with van der Waals surface area (Å²) in [6.07, 6.45) is 5.25. The van der Waals surface area contributed by atoms with Gasteiger partial charge in [-0.15, -0.1) is 0 Å². The van der Waals surface area contributed by atoms with Crippen LogP contribution in [0.5, 0.6) is 5.75 Å². The van der Waals surface area contributed by atoms with Gasteiger partial charge in [0.05, 0.1) is 7.11 Å². The van der Waals surface area contributed by atoms with Crippen LogP contribution in [-0.4, -0.2) is 13.2 Å². The monoisotopic (exact) mass is 234 g/mol. The molecule has 3 heteroatoms. The average Bonchev–Trinajstić information content (AvgIpc) is 2.31. The van der Waals surface area contributed by atoms with Crippen LogP contribution < -0.4 is 15.8 Å². The van der Waals surface area contributed by atoms with Crippen LogP contribution >= 0.6 is 0 Å². The number of hydrogen-bond donors (Lipinski definition) is 2. The van der Waals surface area contributed by atoms with Crippen LogP contribution in [0.2, 0.25) is 0 Å². The molecule has 1 aromatic rings. The Balaban J connectivity index is 2.09. The van der Waals surface area contributed by atoms with Crippen LogP contribution in [0.1, 0.15) is 32.6 Å². The molecule has 17 heavy (non-hydrogen) atoms. The van der Waals surface area contributed by atoms with E-state index in [1.165, 1.54) is 25.7 Å². The van der Waals surface area contributed by atoms with Crippen molar-refractivity contribution in [3.8, 4) is 5.75 Å². The van der Waals surface area contributed by atoms with E-state index in [2.05, 4.69) is 12.2 Å². The number of hydrogen-bond acceptors (Lipinski definition) is 3. The first kappa shape index (κ1) is 12.1. The number of nitrogen functional groups attached to an aromatic ring is 1. The third-order valence-corrected chi connectivity index (χ3v) is 3.63. The highest BCUT2D eigenvalue weighted by Gasteiger charge is 2.21. The molecule has 2 unspecified atom stereocenters. The van der Waals surface area contributed by atoms with Crippen molar-refractivity contribution in [2.75, 3.05) is 18.2 Å². The smallest absolute Gasteiger partial charge is 0.122 e. The fourth-order valence-electron chi connectivity index (χ4n) is 2.57. The Bertz CT molecular complexity index is 378. The minimum Gasteiger partial charge on any atom is -0.497 e. The average molecular weight is 234 g/mol. The van der Waals surface area contributed by atoms with Gasteiger partial charge >= 0.3 is 0 Å². The van der Waals surface area contributed by atoms with Crippen molar-refractivity contribution in [2.24, 2.45) is 5.92 Å². The zero-order chi connectivity index (χ0) is 12.3. The first-order valence-corrected chi connectivity index (χ1v) is 6.40. The first-order valence-electron chi connectivity index (χ1n) is 6.40. The molecule has 3 N–H and O–H groups in total. The Kier molecular flexibility index (Phi) is 3.77. The molecule has 1 aliphatic carbocycles. The van der Waals surface area contributed by atoms with E-state index in [4.69, 9.17) is 10.5 Å². The fraction of sp³-hybridized carbons (Fsp3) is 0.571. The summed E-state index contributed by atoms with van der Waals surface area (Å²) >= 11 is 0. The molecule has 1 aromatic carbocycles. The highest BCUT2D eigenvalue weighted by atomic mass is 16.5. The largest absolute Gasteiger partial charge is 0.497 e. The molecule has 0 bridgehead atoms. The van der Waals surface area contributed by atoms with Crippen LogP contribution in [0, 0.1) is 5.92 Å². The standard InChI is InChI=1S/C14H22N2O/c1-10-5-3-4-6-14(10)16-12-7-11(15)8-13(9-12)17-2/h7-10,14,16H,3-6,15H2,1-2H3. The van der Waals surface area contributed by atoms with Gasteiger partial charge in [0.2, 0.25) is 0 Å². The van der Waals surface area contributed by atoms with Gasteiger partial charge in [-0.25, -0.2) is 0 Å². The molecular formula is C14H22N2O. The van der Waals surface area contributed by atoms with Gasteiger partial charge in [-0.1, -0.05) is 19.8 Å². The van der Waals surface area contributed by atoms with Crippen LogP contribution in [0.4, 0.5) is 11.4 Å². The number of nitrogens with two attached hydrogens (primary N) is 1. The second kappa shape index (κ2) is 5.30. The number of methoxy groups -OCH3 is 1. The minimum absolute atomic E-state index is 0.565. The van der Waals surface area contributed by atoms with Crippen molar-refractivity contribution in [1.29, 1.82) is 0 Å². The van der Waals surface area contributed by atoms with Gasteiger partial charge < -0.3 is 15.8 Å². The van der Waals surface area contributed by atoms with Crippen molar-refractivity contribution >= 4 is 11.4 Å². The molecule has 1 fully saturated rings. The van der Waals surface area contributed by atoms with Crippen LogP contribution in [-0.2, 0) is 0 Å². The van der Waals surface area contributed by atoms with Crippen molar-refractivity contribution < 1.29 is 4.74 Å². The zero-order valence-electron chi connectivity index (χ0n) is 10.7. The first-order chi connectivity index (χ1) is 8.19. The lowest BCUT2D eigenvalue weighted by molar-refractivity contribution is 0.349. The van der Waals surface area contributed by atoms with Crippen molar-refractivity contribution in [3.63, 3.8) is 0 Å². The number of benzene rings is 1. The Hall–Kier alpha value is -1.38. The fourth-order valence-corrected chi connectivity index (χ4v) is 2.57. The van der Waals surface area contributed by atoms with Crippen LogP contribution in [0.25, 0.3) is 0 Å². The number of anilines is 2. The van der Waals surface area contributed by atoms with E-state index in [0.717, 1.165) is 23.0 Å². The van der Waals surface area contributed by atoms with E-state index in [-0.39, 0.29) is 0 Å². The van der Waals surface area contributed by atoms with E-state index >= 15 is 0 Å². The molecule has 1 aliphatic rings. The topological polar surface area (TPSA) is 47.3 Å². The zero-order valence-corrected chi connectivity index (χ0v) is 10.7. The quantitative estimate of drug-likeness (QED) is 0.789. The van der Waals surface area contributed by atoms with Gasteiger partial charge in [0.25, 0.3) is 0 Å². The van der Waals surface area contributed by atoms with Crippen molar-refractivity contribution in [2.45, 2.75) is 38.6 Å². The molecule has 94 valence electrons. The molecule has 0 amide bonds. The maximum absolute atomic E-state index is 5.85. The molecule has 0 heterocycles. The van der Waals surface area contributed by atoms with Gasteiger partial charge in [-0.3, -0.25) is 0 Å². The third kappa shape index (κ3) is 3.05. The summed E-state index contributed by atoms with van der Waals surface area (Å²) in [5.74, 6) is 1.55. The van der Waals surface area contributed by atoms with Crippen molar-refractivity contribution in [3.05, 3.63) is 18.2 Å². The number of nitrogens with one attached hydrogen (secondary N) is 1. The summed E-state index contributed by atoms with van der Waals surface area (Å²) in [6, 6.07) is 6.40. The van der Waals surface area contributed by atoms with Crippen LogP contribution in [0.3, 0.4) is 0 Å². The van der Waals surface area contributed by atoms with Gasteiger partial charge in [0.1, 0.15) is 5.75 Å². The van der Waals surface area contributed by atoms with Gasteiger partial charge in [0, 0.05) is 29.5 Å². The molecule has 2 rings (SSSR count). The second-order valence-electron chi connectivity index (χ2n) is 5.01. The molecule has 0 aliphatic heterocycles. The Labute approximate surface area is 103 Å². The summed E-state index contributed by atoms with van der Waals surface area (Å²) in [6.45, 7) is 2.32. The predicted octanol–water partition coefficient (Wildman–Crippen LogP) is 3.27. The lowest BCUT2D eigenvalue weighted by Gasteiger charge is -2.30. The number of ether oxygens (including phenoxy) is 1. The molecule has 0 radical (unpaired) electrons. The maximum Gasteiger partial charge on any atom is 0.122 e. The van der Waals surface area contributed by atoms with Gasteiger partial charge in [-0.2, -0.15) is 0 Å². The minimum atomic E-state index is 0.565. The van der Waals surface area contributed by atoms with Gasteiger partial charge in [-0.05, 0) is 24.8 Å². The molecule has 2 atom stereocenters. The van der Waals surface area contributed by atoms with E-state index in [0.29, 0.717) is 6.04 Å². The third-order valence-electron chi connectivity index (χ3n) is 3.63. The second-order valence-corrected chi connectivity index (χ2v) is 5.01. The molecule has 3 nitrogen and oxygen atoms in total. The van der Waals surface area contributed by atoms with E-state index in [1.807, 2.05) is 18.2 Å². The van der Waals surface area contributed by atoms with Gasteiger partial charge in [0.15, 0.2) is 0 Å². The SMILES string of the molecule is COc1cc(N)cc(NC2CCCCC2C)c1. The Morgan fingerprint density at radius 1 is 1.24 bits per heavy atom. The normalized spacial score (nSPS) is 24.4. The van der Waals surface area contributed by atoms with E-state index in [9.17, 15) is 0 Å². The summed E-state index contributed by atoms with van der Waals surface area (Å²) in [5, 5.41) is 3.59. The molecule has 0 aromatic heterocycles. The molecule has 1 saturated carbocycles. The summed E-state index contributed by atoms with van der Waals surface area (Å²) < 4.78 is 5.23. The Morgan fingerprint density at radius 2 is 2.00 bits per heavy atom. The molecular weight excluding hydrogens is 212 g/mol. The molecule has 0 spiro atoms. The maximum atomic E-state index is 5.85. The summed E-state index contributed by atoms with van der Waals surface area (Å²) in [5.41, 5.74) is 7.67. The highest BCUT2D eigenvalue weighted by molar-refractivity contribution is 5.59. The lowest BCUT2D eigenvalue weighted by atomic mass is 9.86. The molecule has 0 saturated heterocycles. The summed E-state index contributed by atoms with van der Waals surface area (Å²) in [7, 11) is 1.67.